The minimum atomic E-state index is -3.52. The highest BCUT2D eigenvalue weighted by molar-refractivity contribution is 9.11. The number of sulfonamides is 1. The Bertz CT molecular complexity index is 506. The Morgan fingerprint density at radius 1 is 1.67 bits per heavy atom. The molecule has 2 heterocycles. The minimum Gasteiger partial charge on any atom is -0.377 e. The summed E-state index contributed by atoms with van der Waals surface area (Å²) < 4.78 is 33.2. The summed E-state index contributed by atoms with van der Waals surface area (Å²) in [5.74, 6) is 0. The van der Waals surface area contributed by atoms with E-state index in [1.54, 1.807) is 0 Å². The maximum atomic E-state index is 12.1. The number of ether oxygens (including phenoxy) is 1. The van der Waals surface area contributed by atoms with Gasteiger partial charge in [0.05, 0.1) is 14.9 Å². The van der Waals surface area contributed by atoms with E-state index < -0.39 is 10.0 Å². The predicted octanol–water partition coefficient (Wildman–Crippen LogP) is 3.01. The van der Waals surface area contributed by atoms with Crippen LogP contribution in [0.2, 0.25) is 5.02 Å². The number of hydrogen-bond donors (Lipinski definition) is 1. The molecule has 1 fully saturated rings. The molecule has 1 saturated heterocycles. The molecule has 0 spiro atoms. The molecule has 8 heteroatoms. The molecule has 2 unspecified atom stereocenters. The Labute approximate surface area is 124 Å². The summed E-state index contributed by atoms with van der Waals surface area (Å²) in [6.07, 6.45) is 1.82. The maximum absolute atomic E-state index is 12.1. The molecule has 1 aromatic rings. The van der Waals surface area contributed by atoms with Gasteiger partial charge < -0.3 is 4.74 Å². The third-order valence-electron chi connectivity index (χ3n) is 2.75. The number of halogens is 2. The summed E-state index contributed by atoms with van der Waals surface area (Å²) in [4.78, 5) is 0. The van der Waals surface area contributed by atoms with Crippen molar-refractivity contribution in [3.05, 3.63) is 14.9 Å². The molecule has 1 aliphatic rings. The summed E-state index contributed by atoms with van der Waals surface area (Å²) >= 11 is 10.2. The van der Waals surface area contributed by atoms with Crippen molar-refractivity contribution < 1.29 is 13.2 Å². The Hall–Kier alpha value is 0.340. The van der Waals surface area contributed by atoms with Crippen LogP contribution in [0.5, 0.6) is 0 Å². The number of nitrogens with one attached hydrogen (secondary N) is 1. The van der Waals surface area contributed by atoms with Gasteiger partial charge in [-0.2, -0.15) is 0 Å². The van der Waals surface area contributed by atoms with Gasteiger partial charge in [0, 0.05) is 12.6 Å². The van der Waals surface area contributed by atoms with Gasteiger partial charge in [-0.25, -0.2) is 13.1 Å². The third kappa shape index (κ3) is 3.26. The van der Waals surface area contributed by atoms with Crippen molar-refractivity contribution in [1.82, 2.24) is 4.72 Å². The topological polar surface area (TPSA) is 55.4 Å². The highest BCUT2D eigenvalue weighted by Gasteiger charge is 2.28. The molecular formula is C10H13BrClNO3S2. The summed E-state index contributed by atoms with van der Waals surface area (Å²) in [5, 5.41) is 0.408. The Balaban J connectivity index is 2.11. The first-order valence-corrected chi connectivity index (χ1v) is 8.96. The van der Waals surface area contributed by atoms with Crippen molar-refractivity contribution in [2.24, 2.45) is 0 Å². The lowest BCUT2D eigenvalue weighted by molar-refractivity contribution is 0.0902. The van der Waals surface area contributed by atoms with Crippen LogP contribution in [0.4, 0.5) is 0 Å². The van der Waals surface area contributed by atoms with E-state index in [1.807, 2.05) is 6.92 Å². The van der Waals surface area contributed by atoms with E-state index in [4.69, 9.17) is 16.3 Å². The van der Waals surface area contributed by atoms with Crippen molar-refractivity contribution in [3.8, 4) is 0 Å². The maximum Gasteiger partial charge on any atom is 0.250 e. The molecule has 0 saturated carbocycles. The normalized spacial score (nSPS) is 22.3. The molecule has 0 aliphatic carbocycles. The van der Waals surface area contributed by atoms with Gasteiger partial charge >= 0.3 is 0 Å². The fourth-order valence-electron chi connectivity index (χ4n) is 1.83. The van der Waals surface area contributed by atoms with Crippen LogP contribution in [0.1, 0.15) is 19.8 Å². The van der Waals surface area contributed by atoms with E-state index in [0.29, 0.717) is 15.4 Å². The zero-order valence-corrected chi connectivity index (χ0v) is 13.6. The SMILES string of the molecule is CC(NS(=O)(=O)c1cc(Cl)c(Br)s1)C1CCCO1. The quantitative estimate of drug-likeness (QED) is 0.881. The van der Waals surface area contributed by atoms with Crippen LogP contribution in [-0.4, -0.2) is 27.2 Å². The van der Waals surface area contributed by atoms with E-state index >= 15 is 0 Å². The highest BCUT2D eigenvalue weighted by Crippen LogP contribution is 2.34. The van der Waals surface area contributed by atoms with E-state index in [-0.39, 0.29) is 16.4 Å². The lowest BCUT2D eigenvalue weighted by Crippen LogP contribution is -2.40. The average molecular weight is 375 g/mol. The summed E-state index contributed by atoms with van der Waals surface area (Å²) in [7, 11) is -3.52. The van der Waals surface area contributed by atoms with E-state index in [9.17, 15) is 8.42 Å². The molecule has 0 aromatic carbocycles. The van der Waals surface area contributed by atoms with Crippen molar-refractivity contribution in [3.63, 3.8) is 0 Å². The molecule has 0 amide bonds. The average Bonchev–Trinajstić information content (AvgIpc) is 2.89. The van der Waals surface area contributed by atoms with Gasteiger partial charge in [0.25, 0.3) is 0 Å². The second kappa shape index (κ2) is 5.76. The molecule has 2 atom stereocenters. The standard InChI is InChI=1S/C10H13BrClNO3S2/c1-6(8-3-2-4-16-8)13-18(14,15)9-5-7(12)10(11)17-9/h5-6,8,13H,2-4H2,1H3. The van der Waals surface area contributed by atoms with E-state index in [2.05, 4.69) is 20.7 Å². The van der Waals surface area contributed by atoms with Gasteiger partial charge in [-0.15, -0.1) is 11.3 Å². The minimum absolute atomic E-state index is 0.0429. The molecular weight excluding hydrogens is 362 g/mol. The van der Waals surface area contributed by atoms with Gasteiger partial charge in [0.1, 0.15) is 4.21 Å². The fourth-order valence-corrected chi connectivity index (χ4v) is 5.52. The monoisotopic (exact) mass is 373 g/mol. The van der Waals surface area contributed by atoms with Gasteiger partial charge in [-0.05, 0) is 41.8 Å². The van der Waals surface area contributed by atoms with Gasteiger partial charge in [-0.1, -0.05) is 11.6 Å². The van der Waals surface area contributed by atoms with Crippen LogP contribution in [0, 0.1) is 0 Å². The van der Waals surface area contributed by atoms with Gasteiger partial charge in [0.15, 0.2) is 0 Å². The smallest absolute Gasteiger partial charge is 0.250 e. The first-order chi connectivity index (χ1) is 8.40. The molecule has 18 heavy (non-hydrogen) atoms. The number of rotatable bonds is 4. The van der Waals surface area contributed by atoms with Crippen LogP contribution in [0.3, 0.4) is 0 Å². The molecule has 0 radical (unpaired) electrons. The number of thiophene rings is 1. The van der Waals surface area contributed by atoms with E-state index in [0.717, 1.165) is 24.2 Å². The second-order valence-corrected chi connectivity index (χ2v) is 8.87. The summed E-state index contributed by atoms with van der Waals surface area (Å²) in [6, 6.07) is 1.21. The van der Waals surface area contributed by atoms with Crippen LogP contribution in [0.25, 0.3) is 0 Å². The van der Waals surface area contributed by atoms with Crippen molar-refractivity contribution in [2.45, 2.75) is 36.1 Å². The van der Waals surface area contributed by atoms with Crippen LogP contribution >= 0.6 is 38.9 Å². The van der Waals surface area contributed by atoms with Crippen LogP contribution in [0.15, 0.2) is 14.1 Å². The van der Waals surface area contributed by atoms with Crippen LogP contribution < -0.4 is 4.72 Å². The fraction of sp³-hybridized carbons (Fsp3) is 0.600. The van der Waals surface area contributed by atoms with Crippen molar-refractivity contribution >= 4 is 48.9 Å². The number of hydrogen-bond acceptors (Lipinski definition) is 4. The first kappa shape index (κ1) is 14.7. The molecule has 4 nitrogen and oxygen atoms in total. The second-order valence-electron chi connectivity index (χ2n) is 4.15. The molecule has 2 rings (SSSR count). The highest BCUT2D eigenvalue weighted by atomic mass is 79.9. The van der Waals surface area contributed by atoms with Gasteiger partial charge in [-0.3, -0.25) is 0 Å². The predicted molar refractivity (Wildman–Crippen MR) is 75.8 cm³/mol. The lowest BCUT2D eigenvalue weighted by Gasteiger charge is -2.19. The Morgan fingerprint density at radius 2 is 2.39 bits per heavy atom. The van der Waals surface area contributed by atoms with Gasteiger partial charge in [0.2, 0.25) is 10.0 Å². The van der Waals surface area contributed by atoms with Crippen molar-refractivity contribution in [2.75, 3.05) is 6.61 Å². The molecule has 1 aromatic heterocycles. The zero-order valence-electron chi connectivity index (χ0n) is 9.65. The third-order valence-corrected chi connectivity index (χ3v) is 7.26. The first-order valence-electron chi connectivity index (χ1n) is 5.49. The summed E-state index contributed by atoms with van der Waals surface area (Å²) in [6.45, 7) is 2.52. The molecule has 1 aliphatic heterocycles. The Kier molecular flexibility index (Phi) is 4.72. The molecule has 0 bridgehead atoms. The summed E-state index contributed by atoms with van der Waals surface area (Å²) in [5.41, 5.74) is 0. The Morgan fingerprint density at radius 3 is 2.89 bits per heavy atom. The van der Waals surface area contributed by atoms with E-state index in [1.165, 1.54) is 6.07 Å². The van der Waals surface area contributed by atoms with Crippen molar-refractivity contribution in [1.29, 1.82) is 0 Å². The zero-order chi connectivity index (χ0) is 13.3. The molecule has 1 N–H and O–H groups in total. The molecule has 102 valence electrons. The van der Waals surface area contributed by atoms with Crippen LogP contribution in [-0.2, 0) is 14.8 Å². The lowest BCUT2D eigenvalue weighted by atomic mass is 10.1. The largest absolute Gasteiger partial charge is 0.377 e.